The number of hydrogen-bond acceptors (Lipinski definition) is 7. The van der Waals surface area contributed by atoms with E-state index >= 15 is 4.39 Å². The first-order valence-corrected chi connectivity index (χ1v) is 12.2. The minimum atomic E-state index is -1.25. The van der Waals surface area contributed by atoms with Crippen LogP contribution in [-0.2, 0) is 4.74 Å². The smallest absolute Gasteiger partial charge is 0.410 e. The summed E-state index contributed by atoms with van der Waals surface area (Å²) in [6, 6.07) is 14.7. The number of benzene rings is 1. The van der Waals surface area contributed by atoms with Crippen LogP contribution >= 0.6 is 0 Å². The van der Waals surface area contributed by atoms with Crippen LogP contribution in [0.15, 0.2) is 48.7 Å². The molecule has 0 bridgehead atoms. The van der Waals surface area contributed by atoms with Gasteiger partial charge < -0.3 is 14.4 Å². The fraction of sp³-hybridized carbons (Fsp3) is 0.370. The van der Waals surface area contributed by atoms with Crippen LogP contribution in [0, 0.1) is 11.3 Å². The van der Waals surface area contributed by atoms with Gasteiger partial charge in [-0.1, -0.05) is 18.2 Å². The Morgan fingerprint density at radius 1 is 1.11 bits per heavy atom. The van der Waals surface area contributed by atoms with E-state index in [2.05, 4.69) is 16.3 Å². The molecule has 1 aromatic carbocycles. The second-order valence-electron chi connectivity index (χ2n) is 10.0. The number of halogens is 1. The lowest BCUT2D eigenvalue weighted by Gasteiger charge is -2.26. The van der Waals surface area contributed by atoms with Gasteiger partial charge in [0.2, 0.25) is 0 Å². The average molecular weight is 503 g/mol. The molecule has 190 valence electrons. The molecule has 5 rings (SSSR count). The van der Waals surface area contributed by atoms with Gasteiger partial charge in [-0.05, 0) is 51.5 Å². The molecular formula is C27H27FN6O3. The minimum Gasteiger partial charge on any atom is -0.485 e. The molecule has 1 amide bonds. The van der Waals surface area contributed by atoms with Crippen molar-refractivity contribution in [2.24, 2.45) is 0 Å². The fourth-order valence-electron chi connectivity index (χ4n) is 4.32. The maximum Gasteiger partial charge on any atom is 0.410 e. The lowest BCUT2D eigenvalue weighted by molar-refractivity contribution is 0.0252. The van der Waals surface area contributed by atoms with E-state index < -0.39 is 24.0 Å². The van der Waals surface area contributed by atoms with E-state index in [9.17, 15) is 10.1 Å². The molecule has 0 radical (unpaired) electrons. The van der Waals surface area contributed by atoms with Gasteiger partial charge in [0.1, 0.15) is 40.9 Å². The van der Waals surface area contributed by atoms with Crippen LogP contribution in [-0.4, -0.2) is 61.5 Å². The first kappa shape index (κ1) is 24.4. The second-order valence-corrected chi connectivity index (χ2v) is 10.0. The molecule has 4 aromatic rings. The van der Waals surface area contributed by atoms with Crippen molar-refractivity contribution in [3.8, 4) is 23.3 Å². The molecule has 4 heterocycles. The third-order valence-electron chi connectivity index (χ3n) is 6.14. The Kier molecular flexibility index (Phi) is 6.38. The molecule has 9 nitrogen and oxygen atoms in total. The zero-order chi connectivity index (χ0) is 26.2. The number of ether oxygens (including phenoxy) is 2. The Balaban J connectivity index is 1.42. The summed E-state index contributed by atoms with van der Waals surface area (Å²) in [7, 11) is 0. The van der Waals surface area contributed by atoms with Gasteiger partial charge in [-0.15, -0.1) is 10.2 Å². The summed E-state index contributed by atoms with van der Waals surface area (Å²) in [5.41, 5.74) is 1.55. The molecule has 0 saturated carbocycles. The molecular weight excluding hydrogens is 475 g/mol. The zero-order valence-electron chi connectivity index (χ0n) is 20.9. The van der Waals surface area contributed by atoms with Crippen molar-refractivity contribution in [1.29, 1.82) is 5.26 Å². The van der Waals surface area contributed by atoms with E-state index in [0.29, 0.717) is 47.0 Å². The summed E-state index contributed by atoms with van der Waals surface area (Å²) < 4.78 is 28.5. The molecule has 1 aliphatic heterocycles. The molecule has 1 aliphatic rings. The molecule has 0 spiro atoms. The first-order valence-electron chi connectivity index (χ1n) is 12.2. The summed E-state index contributed by atoms with van der Waals surface area (Å²) >= 11 is 0. The third kappa shape index (κ3) is 5.16. The van der Waals surface area contributed by atoms with Gasteiger partial charge in [0, 0.05) is 31.1 Å². The number of pyridine rings is 2. The molecule has 2 atom stereocenters. The number of carbonyl (C=O) groups excluding carboxylic acids is 1. The summed E-state index contributed by atoms with van der Waals surface area (Å²) in [5.74, 6) is 0.930. The number of para-hydroxylation sites is 1. The highest BCUT2D eigenvalue weighted by Gasteiger charge is 2.32. The Morgan fingerprint density at radius 2 is 1.92 bits per heavy atom. The number of alkyl halides is 1. The highest BCUT2D eigenvalue weighted by atomic mass is 19.1. The van der Waals surface area contributed by atoms with Gasteiger partial charge in [0.25, 0.3) is 0 Å². The van der Waals surface area contributed by atoms with Crippen molar-refractivity contribution in [3.63, 3.8) is 0 Å². The van der Waals surface area contributed by atoms with Gasteiger partial charge in [0.15, 0.2) is 11.5 Å². The van der Waals surface area contributed by atoms with E-state index in [-0.39, 0.29) is 13.0 Å². The number of nitrogens with zero attached hydrogens (tertiary/aromatic N) is 6. The number of carbonyl (C=O) groups is 1. The summed E-state index contributed by atoms with van der Waals surface area (Å²) in [6.07, 6.45) is -0.305. The Hall–Kier alpha value is -4.26. The van der Waals surface area contributed by atoms with Crippen LogP contribution in [0.5, 0.6) is 5.75 Å². The topological polar surface area (TPSA) is 106 Å². The first-order chi connectivity index (χ1) is 17.7. The maximum atomic E-state index is 15.1. The van der Waals surface area contributed by atoms with E-state index in [1.165, 1.54) is 4.90 Å². The number of rotatable bonds is 3. The highest BCUT2D eigenvalue weighted by molar-refractivity contribution is 5.86. The molecule has 0 aliphatic carbocycles. The van der Waals surface area contributed by atoms with Crippen molar-refractivity contribution >= 4 is 22.6 Å². The van der Waals surface area contributed by atoms with Crippen LogP contribution in [0.25, 0.3) is 28.1 Å². The lowest BCUT2D eigenvalue weighted by atomic mass is 10.1. The van der Waals surface area contributed by atoms with E-state index in [1.54, 1.807) is 49.6 Å². The van der Waals surface area contributed by atoms with Crippen LogP contribution in [0.1, 0.15) is 39.2 Å². The van der Waals surface area contributed by atoms with Crippen molar-refractivity contribution < 1.29 is 18.7 Å². The van der Waals surface area contributed by atoms with Crippen molar-refractivity contribution in [2.75, 3.05) is 13.1 Å². The maximum absolute atomic E-state index is 15.1. The molecule has 0 N–H and O–H groups in total. The van der Waals surface area contributed by atoms with Crippen molar-refractivity contribution in [3.05, 3.63) is 54.2 Å². The Morgan fingerprint density at radius 3 is 2.70 bits per heavy atom. The average Bonchev–Trinajstić information content (AvgIpc) is 3.20. The lowest BCUT2D eigenvalue weighted by Crippen LogP contribution is -2.37. The number of nitriles is 1. The van der Waals surface area contributed by atoms with Crippen LogP contribution in [0.4, 0.5) is 9.18 Å². The monoisotopic (exact) mass is 502 g/mol. The number of hydrogen-bond donors (Lipinski definition) is 0. The van der Waals surface area contributed by atoms with Crippen LogP contribution in [0.2, 0.25) is 0 Å². The van der Waals surface area contributed by atoms with Crippen LogP contribution < -0.4 is 4.74 Å². The predicted octanol–water partition coefficient (Wildman–Crippen LogP) is 4.93. The number of amides is 1. The van der Waals surface area contributed by atoms with Crippen molar-refractivity contribution in [2.45, 2.75) is 51.5 Å². The number of aromatic nitrogens is 4. The Labute approximate surface area is 213 Å². The van der Waals surface area contributed by atoms with Gasteiger partial charge in [-0.25, -0.2) is 14.2 Å². The standard InChI is InChI=1S/C27H27FN6O3/c1-27(2,3)37-26(35)33-13-11-19(28)21(12-14-33)36-22-6-4-5-18-8-9-20(30-24(18)22)25-32-31-23-10-7-17(15-29)16-34(23)25/h4-10,16,19,21H,11-14H2,1-3H3/t19-,21-/m1/s1. The fourth-order valence-corrected chi connectivity index (χ4v) is 4.32. The largest absolute Gasteiger partial charge is 0.485 e. The third-order valence-corrected chi connectivity index (χ3v) is 6.14. The zero-order valence-corrected chi connectivity index (χ0v) is 20.9. The molecule has 3 aromatic heterocycles. The molecule has 10 heteroatoms. The quantitative estimate of drug-likeness (QED) is 0.391. The van der Waals surface area contributed by atoms with E-state index in [1.807, 2.05) is 24.3 Å². The second kappa shape index (κ2) is 9.65. The van der Waals surface area contributed by atoms with Crippen molar-refractivity contribution in [1.82, 2.24) is 24.5 Å². The summed E-state index contributed by atoms with van der Waals surface area (Å²) in [4.78, 5) is 18.8. The molecule has 0 unspecified atom stereocenters. The summed E-state index contributed by atoms with van der Waals surface area (Å²) in [5, 5.41) is 18.5. The van der Waals surface area contributed by atoms with Gasteiger partial charge in [-0.3, -0.25) is 4.40 Å². The normalized spacial score (nSPS) is 18.4. The minimum absolute atomic E-state index is 0.153. The summed E-state index contributed by atoms with van der Waals surface area (Å²) in [6.45, 7) is 6.01. The molecule has 37 heavy (non-hydrogen) atoms. The molecule has 1 fully saturated rings. The number of fused-ring (bicyclic) bond motifs is 2. The van der Waals surface area contributed by atoms with E-state index in [0.717, 1.165) is 5.39 Å². The predicted molar refractivity (Wildman–Crippen MR) is 135 cm³/mol. The Bertz CT molecular complexity index is 1510. The van der Waals surface area contributed by atoms with Gasteiger partial charge >= 0.3 is 6.09 Å². The molecule has 1 saturated heterocycles. The van der Waals surface area contributed by atoms with Crippen LogP contribution in [0.3, 0.4) is 0 Å². The highest BCUT2D eigenvalue weighted by Crippen LogP contribution is 2.30. The van der Waals surface area contributed by atoms with Gasteiger partial charge in [0.05, 0.1) is 5.56 Å². The van der Waals surface area contributed by atoms with Gasteiger partial charge in [-0.2, -0.15) is 5.26 Å². The SMILES string of the molecule is CC(C)(C)OC(=O)N1CC[C@@H](F)[C@H](Oc2cccc3ccc(-c4nnc5ccc(C#N)cn45)nc23)CC1. The van der Waals surface area contributed by atoms with E-state index in [4.69, 9.17) is 14.5 Å². The number of likely N-dealkylation sites (tertiary alicyclic amines) is 1.